The lowest BCUT2D eigenvalue weighted by molar-refractivity contribution is -0.137. The summed E-state index contributed by atoms with van der Waals surface area (Å²) >= 11 is 0. The predicted octanol–water partition coefficient (Wildman–Crippen LogP) is 0.652. The normalized spacial score (nSPS) is 11.7. The zero-order valence-electron chi connectivity index (χ0n) is 11.8. The molecule has 0 saturated heterocycles. The highest BCUT2D eigenvalue weighted by molar-refractivity contribution is 5.71. The van der Waals surface area contributed by atoms with Gasteiger partial charge in [0.25, 0.3) is 0 Å². The molecule has 0 fully saturated rings. The first kappa shape index (κ1) is 15.4. The van der Waals surface area contributed by atoms with Gasteiger partial charge in [-0.15, -0.1) is 10.2 Å². The Morgan fingerprint density at radius 1 is 1.36 bits per heavy atom. The summed E-state index contributed by atoms with van der Waals surface area (Å²) in [6.45, 7) is 0.0837. The standard InChI is InChI=1S/C13H15N5O4/c1-18-16-12(15-17-18)10(7-11(19)20)14-13(21)22-8-9-5-3-2-4-6-9/h2-6,10H,7-8H2,1H3,(H,14,21)(H,19,20)/t10-/m1/s1. The zero-order chi connectivity index (χ0) is 15.9. The van der Waals surface area contributed by atoms with Crippen LogP contribution in [-0.4, -0.2) is 37.4 Å². The average Bonchev–Trinajstić information content (AvgIpc) is 2.92. The van der Waals surface area contributed by atoms with Crippen LogP contribution in [0.25, 0.3) is 0 Å². The van der Waals surface area contributed by atoms with Crippen LogP contribution < -0.4 is 5.32 Å². The van der Waals surface area contributed by atoms with E-state index in [2.05, 4.69) is 20.7 Å². The molecule has 22 heavy (non-hydrogen) atoms. The fraction of sp³-hybridized carbons (Fsp3) is 0.308. The molecule has 1 heterocycles. The van der Waals surface area contributed by atoms with Crippen LogP contribution in [0.15, 0.2) is 30.3 Å². The minimum Gasteiger partial charge on any atom is -0.481 e. The number of hydrogen-bond acceptors (Lipinski definition) is 6. The molecular weight excluding hydrogens is 290 g/mol. The number of carbonyl (C=O) groups excluding carboxylic acids is 1. The number of carboxylic acids is 1. The molecule has 0 aliphatic heterocycles. The molecule has 0 bridgehead atoms. The smallest absolute Gasteiger partial charge is 0.408 e. The Bertz CT molecular complexity index is 643. The van der Waals surface area contributed by atoms with E-state index in [1.807, 2.05) is 30.3 Å². The monoisotopic (exact) mass is 305 g/mol. The topological polar surface area (TPSA) is 119 Å². The summed E-state index contributed by atoms with van der Waals surface area (Å²) in [6.07, 6.45) is -1.12. The number of nitrogens with one attached hydrogen (secondary N) is 1. The third-order valence-corrected chi connectivity index (χ3v) is 2.72. The van der Waals surface area contributed by atoms with Crippen LogP contribution in [0.1, 0.15) is 23.9 Å². The van der Waals surface area contributed by atoms with Crippen LogP contribution >= 0.6 is 0 Å². The number of aliphatic carboxylic acids is 1. The molecule has 1 aromatic heterocycles. The van der Waals surface area contributed by atoms with Crippen LogP contribution in [-0.2, 0) is 23.2 Å². The zero-order valence-corrected chi connectivity index (χ0v) is 11.8. The van der Waals surface area contributed by atoms with E-state index >= 15 is 0 Å². The third kappa shape index (κ3) is 4.54. The maximum atomic E-state index is 11.8. The van der Waals surface area contributed by atoms with Crippen molar-refractivity contribution >= 4 is 12.1 Å². The lowest BCUT2D eigenvalue weighted by Crippen LogP contribution is -2.31. The summed E-state index contributed by atoms with van der Waals surface area (Å²) in [5, 5.41) is 22.5. The van der Waals surface area contributed by atoms with Gasteiger partial charge >= 0.3 is 12.1 Å². The minimum atomic E-state index is -1.10. The van der Waals surface area contributed by atoms with E-state index in [0.29, 0.717) is 0 Å². The molecule has 1 aromatic carbocycles. The van der Waals surface area contributed by atoms with Crippen molar-refractivity contribution in [1.82, 2.24) is 25.5 Å². The number of ether oxygens (including phenoxy) is 1. The number of carboxylic acid groups (broad SMARTS) is 1. The minimum absolute atomic E-state index is 0.0837. The van der Waals surface area contributed by atoms with Gasteiger partial charge in [0.2, 0.25) is 0 Å². The van der Waals surface area contributed by atoms with Crippen LogP contribution in [0.4, 0.5) is 4.79 Å². The van der Waals surface area contributed by atoms with Crippen molar-refractivity contribution in [3.05, 3.63) is 41.7 Å². The van der Waals surface area contributed by atoms with E-state index in [9.17, 15) is 9.59 Å². The van der Waals surface area contributed by atoms with Crippen LogP contribution in [0.2, 0.25) is 0 Å². The second-order valence-electron chi connectivity index (χ2n) is 4.49. The summed E-state index contributed by atoms with van der Waals surface area (Å²) in [5.41, 5.74) is 0.824. The molecule has 9 heteroatoms. The molecule has 1 atom stereocenters. The van der Waals surface area contributed by atoms with E-state index in [0.717, 1.165) is 5.56 Å². The lowest BCUT2D eigenvalue weighted by Gasteiger charge is -2.13. The predicted molar refractivity (Wildman–Crippen MR) is 73.6 cm³/mol. The molecule has 1 amide bonds. The molecule has 9 nitrogen and oxygen atoms in total. The van der Waals surface area contributed by atoms with Crippen molar-refractivity contribution in [2.24, 2.45) is 7.05 Å². The lowest BCUT2D eigenvalue weighted by atomic mass is 10.2. The van der Waals surface area contributed by atoms with Crippen molar-refractivity contribution in [2.75, 3.05) is 0 Å². The number of rotatable bonds is 6. The fourth-order valence-electron chi connectivity index (χ4n) is 1.73. The molecule has 0 aliphatic rings. The summed E-state index contributed by atoms with van der Waals surface area (Å²) in [5.74, 6) is -0.984. The van der Waals surface area contributed by atoms with Crippen molar-refractivity contribution in [1.29, 1.82) is 0 Å². The number of benzene rings is 1. The summed E-state index contributed by atoms with van der Waals surface area (Å²) in [4.78, 5) is 23.8. The first-order valence-electron chi connectivity index (χ1n) is 6.47. The summed E-state index contributed by atoms with van der Waals surface area (Å²) in [7, 11) is 1.54. The van der Waals surface area contributed by atoms with Gasteiger partial charge in [0, 0.05) is 0 Å². The van der Waals surface area contributed by atoms with E-state index in [1.54, 1.807) is 7.05 Å². The van der Waals surface area contributed by atoms with Gasteiger partial charge < -0.3 is 15.2 Å². The maximum absolute atomic E-state index is 11.8. The number of amides is 1. The van der Waals surface area contributed by atoms with Crippen molar-refractivity contribution in [3.8, 4) is 0 Å². The Kier molecular flexibility index (Phi) is 5.02. The molecule has 0 unspecified atom stereocenters. The molecule has 116 valence electrons. The highest BCUT2D eigenvalue weighted by Crippen LogP contribution is 2.12. The number of aryl methyl sites for hydroxylation is 1. The second kappa shape index (κ2) is 7.16. The highest BCUT2D eigenvalue weighted by Gasteiger charge is 2.23. The van der Waals surface area contributed by atoms with Crippen molar-refractivity contribution < 1.29 is 19.4 Å². The summed E-state index contributed by atoms with van der Waals surface area (Å²) in [6, 6.07) is 8.22. The van der Waals surface area contributed by atoms with Gasteiger partial charge in [-0.25, -0.2) is 4.79 Å². The van der Waals surface area contributed by atoms with Crippen LogP contribution in [0, 0.1) is 0 Å². The Labute approximate surface area is 125 Å². The fourth-order valence-corrected chi connectivity index (χ4v) is 1.73. The van der Waals surface area contributed by atoms with E-state index in [1.165, 1.54) is 4.80 Å². The number of hydrogen-bond donors (Lipinski definition) is 2. The SMILES string of the molecule is Cn1nnc([C@@H](CC(=O)O)NC(=O)OCc2ccccc2)n1. The number of tetrazole rings is 1. The quantitative estimate of drug-likeness (QED) is 0.804. The van der Waals surface area contributed by atoms with Gasteiger partial charge in [0.05, 0.1) is 13.5 Å². The van der Waals surface area contributed by atoms with Crippen molar-refractivity contribution in [3.63, 3.8) is 0 Å². The Balaban J connectivity index is 1.94. The number of nitrogens with zero attached hydrogens (tertiary/aromatic N) is 4. The molecule has 0 spiro atoms. The molecule has 2 N–H and O–H groups in total. The number of alkyl carbamates (subject to hydrolysis) is 1. The third-order valence-electron chi connectivity index (χ3n) is 2.72. The Hall–Kier alpha value is -2.97. The second-order valence-corrected chi connectivity index (χ2v) is 4.49. The van der Waals surface area contributed by atoms with E-state index < -0.39 is 18.1 Å². The van der Waals surface area contributed by atoms with Crippen LogP contribution in [0.3, 0.4) is 0 Å². The number of aromatic nitrogens is 4. The van der Waals surface area contributed by atoms with Gasteiger partial charge in [-0.3, -0.25) is 4.79 Å². The Morgan fingerprint density at radius 2 is 2.09 bits per heavy atom. The molecular formula is C13H15N5O4. The first-order valence-corrected chi connectivity index (χ1v) is 6.47. The molecule has 0 aliphatic carbocycles. The largest absolute Gasteiger partial charge is 0.481 e. The molecule has 2 aromatic rings. The summed E-state index contributed by atoms with van der Waals surface area (Å²) < 4.78 is 5.04. The van der Waals surface area contributed by atoms with Gasteiger partial charge in [0.15, 0.2) is 5.82 Å². The molecule has 0 saturated carbocycles. The molecule has 2 rings (SSSR count). The van der Waals surface area contributed by atoms with Gasteiger partial charge in [-0.2, -0.15) is 4.80 Å². The number of carbonyl (C=O) groups is 2. The maximum Gasteiger partial charge on any atom is 0.408 e. The Morgan fingerprint density at radius 3 is 2.68 bits per heavy atom. The van der Waals surface area contributed by atoms with Gasteiger partial charge in [0.1, 0.15) is 12.6 Å². The molecule has 0 radical (unpaired) electrons. The van der Waals surface area contributed by atoms with Crippen molar-refractivity contribution in [2.45, 2.75) is 19.1 Å². The average molecular weight is 305 g/mol. The van der Waals surface area contributed by atoms with Crippen LogP contribution in [0.5, 0.6) is 0 Å². The van der Waals surface area contributed by atoms with E-state index in [-0.39, 0.29) is 18.9 Å². The van der Waals surface area contributed by atoms with E-state index in [4.69, 9.17) is 9.84 Å². The first-order chi connectivity index (χ1) is 10.5. The highest BCUT2D eigenvalue weighted by atomic mass is 16.5. The van der Waals surface area contributed by atoms with Gasteiger partial charge in [-0.1, -0.05) is 30.3 Å². The van der Waals surface area contributed by atoms with Gasteiger partial charge in [-0.05, 0) is 10.8 Å².